The number of rotatable bonds is 2. The minimum absolute atomic E-state index is 0.0119. The van der Waals surface area contributed by atoms with Crippen molar-refractivity contribution in [1.82, 2.24) is 0 Å². The normalized spacial score (nSPS) is 17.8. The van der Waals surface area contributed by atoms with Gasteiger partial charge in [-0.25, -0.2) is 0 Å². The molecular formula is C33H20O4. The van der Waals surface area contributed by atoms with Crippen molar-refractivity contribution in [3.05, 3.63) is 136 Å². The third-order valence-corrected chi connectivity index (χ3v) is 7.48. The number of hydrogen-bond donors (Lipinski definition) is 1. The first-order valence-electron chi connectivity index (χ1n) is 12.2. The highest BCUT2D eigenvalue weighted by molar-refractivity contribution is 6.40. The molecule has 7 rings (SSSR count). The number of Topliss-reactive ketones (excluding diaryl/α,β-unsaturated/α-hetero) is 3. The summed E-state index contributed by atoms with van der Waals surface area (Å²) >= 11 is 0. The molecule has 0 radical (unpaired) electrons. The quantitative estimate of drug-likeness (QED) is 0.245. The molecule has 3 aliphatic carbocycles. The van der Waals surface area contributed by atoms with E-state index in [0.717, 1.165) is 32.7 Å². The minimum Gasteiger partial charge on any atom is -0.507 e. The van der Waals surface area contributed by atoms with E-state index in [0.29, 0.717) is 35.1 Å². The van der Waals surface area contributed by atoms with Crippen molar-refractivity contribution in [3.8, 4) is 0 Å². The van der Waals surface area contributed by atoms with Crippen molar-refractivity contribution in [2.24, 2.45) is 0 Å². The van der Waals surface area contributed by atoms with Crippen LogP contribution in [0.1, 0.15) is 49.5 Å². The van der Waals surface area contributed by atoms with Gasteiger partial charge >= 0.3 is 0 Å². The summed E-state index contributed by atoms with van der Waals surface area (Å²) in [6, 6.07) is 22.7. The van der Waals surface area contributed by atoms with E-state index in [4.69, 9.17) is 0 Å². The van der Waals surface area contributed by atoms with Crippen LogP contribution >= 0.6 is 0 Å². The second kappa shape index (κ2) is 7.84. The van der Waals surface area contributed by atoms with Crippen molar-refractivity contribution in [1.29, 1.82) is 0 Å². The first kappa shape index (κ1) is 21.5. The number of hydrogen-bond acceptors (Lipinski definition) is 4. The molecule has 0 amide bonds. The van der Waals surface area contributed by atoms with E-state index < -0.39 is 0 Å². The zero-order valence-corrected chi connectivity index (χ0v) is 19.7. The van der Waals surface area contributed by atoms with Gasteiger partial charge in [-0.1, -0.05) is 54.6 Å². The summed E-state index contributed by atoms with van der Waals surface area (Å²) in [5, 5.41) is 14.6. The van der Waals surface area contributed by atoms with Crippen LogP contribution in [-0.2, 0) is 0 Å². The Labute approximate surface area is 212 Å². The lowest BCUT2D eigenvalue weighted by molar-refractivity contribution is 0.0986. The molecule has 4 heteroatoms. The molecule has 3 aliphatic rings. The molecule has 176 valence electrons. The predicted octanol–water partition coefficient (Wildman–Crippen LogP) is 7.11. The second-order valence-electron chi connectivity index (χ2n) is 9.74. The average Bonchev–Trinajstić information content (AvgIpc) is 3.53. The molecule has 0 heterocycles. The maximum absolute atomic E-state index is 13.1. The lowest BCUT2D eigenvalue weighted by Crippen LogP contribution is -2.00. The van der Waals surface area contributed by atoms with Gasteiger partial charge in [0.1, 0.15) is 5.76 Å². The highest BCUT2D eigenvalue weighted by Gasteiger charge is 2.34. The molecule has 0 saturated heterocycles. The van der Waals surface area contributed by atoms with Crippen molar-refractivity contribution in [2.45, 2.75) is 12.8 Å². The number of carbonyl (C=O) groups excluding carboxylic acids is 3. The zero-order valence-electron chi connectivity index (χ0n) is 19.7. The van der Waals surface area contributed by atoms with Crippen molar-refractivity contribution in [2.75, 3.05) is 0 Å². The standard InChI is InChI=1S/C33H20O4/c34-30-24-14-20-5-1-2-6-21(20)15-25(24)31(35)28(30)12-18-9-10-19(11-18)13-29-32(36)26-16-22-7-3-4-8-23(22)17-27(26)33(29)37/h1-8,11-17,34H,9-10H2/b18-12+. The summed E-state index contributed by atoms with van der Waals surface area (Å²) in [5.41, 5.74) is 4.12. The van der Waals surface area contributed by atoms with Crippen LogP contribution in [0.2, 0.25) is 0 Å². The summed E-state index contributed by atoms with van der Waals surface area (Å²) < 4.78 is 0. The van der Waals surface area contributed by atoms with Crippen LogP contribution in [-0.4, -0.2) is 22.5 Å². The Kier molecular flexibility index (Phi) is 4.54. The molecule has 0 bridgehead atoms. The van der Waals surface area contributed by atoms with E-state index in [1.54, 1.807) is 24.3 Å². The van der Waals surface area contributed by atoms with E-state index in [2.05, 4.69) is 0 Å². The number of allylic oxidation sites excluding steroid dienone is 7. The summed E-state index contributed by atoms with van der Waals surface area (Å²) in [6.45, 7) is 0. The van der Waals surface area contributed by atoms with Crippen LogP contribution < -0.4 is 0 Å². The van der Waals surface area contributed by atoms with Crippen LogP contribution in [0.25, 0.3) is 27.3 Å². The lowest BCUT2D eigenvalue weighted by atomic mass is 10.0. The average molecular weight is 481 g/mol. The molecule has 0 saturated carbocycles. The van der Waals surface area contributed by atoms with Crippen LogP contribution in [0.5, 0.6) is 0 Å². The lowest BCUT2D eigenvalue weighted by Gasteiger charge is -2.02. The number of aliphatic hydroxyl groups is 1. The van der Waals surface area contributed by atoms with Gasteiger partial charge in [-0.2, -0.15) is 0 Å². The third kappa shape index (κ3) is 3.26. The van der Waals surface area contributed by atoms with Gasteiger partial charge in [0.2, 0.25) is 0 Å². The predicted molar refractivity (Wildman–Crippen MR) is 144 cm³/mol. The number of carbonyl (C=O) groups is 3. The molecule has 0 aromatic heterocycles. The summed E-state index contributed by atoms with van der Waals surface area (Å²) in [5.74, 6) is -0.715. The summed E-state index contributed by atoms with van der Waals surface area (Å²) in [6.07, 6.45) is 6.62. The third-order valence-electron chi connectivity index (χ3n) is 7.48. The van der Waals surface area contributed by atoms with E-state index in [1.807, 2.05) is 66.7 Å². The molecule has 4 nitrogen and oxygen atoms in total. The SMILES string of the molecule is O=C1C(=CC2=C/C(=C/C3=C(O)c4cc5ccccc5cc4C3=O)CC2)C(=O)c2cc3ccccc3cc21. The van der Waals surface area contributed by atoms with Crippen molar-refractivity contribution in [3.63, 3.8) is 0 Å². The maximum Gasteiger partial charge on any atom is 0.197 e. The van der Waals surface area contributed by atoms with E-state index in [9.17, 15) is 19.5 Å². The number of ketones is 3. The summed E-state index contributed by atoms with van der Waals surface area (Å²) in [7, 11) is 0. The minimum atomic E-state index is -0.252. The number of fused-ring (bicyclic) bond motifs is 4. The van der Waals surface area contributed by atoms with Gasteiger partial charge in [-0.3, -0.25) is 14.4 Å². The highest BCUT2D eigenvalue weighted by atomic mass is 16.3. The smallest absolute Gasteiger partial charge is 0.197 e. The molecule has 0 spiro atoms. The Hall–Kier alpha value is -4.83. The molecule has 1 N–H and O–H groups in total. The summed E-state index contributed by atoms with van der Waals surface area (Å²) in [4.78, 5) is 39.3. The van der Waals surface area contributed by atoms with Gasteiger partial charge in [0.15, 0.2) is 17.3 Å². The largest absolute Gasteiger partial charge is 0.507 e. The monoisotopic (exact) mass is 480 g/mol. The van der Waals surface area contributed by atoms with Crippen LogP contribution in [0.3, 0.4) is 0 Å². The molecule has 0 unspecified atom stereocenters. The fourth-order valence-corrected chi connectivity index (χ4v) is 5.57. The van der Waals surface area contributed by atoms with Crippen LogP contribution in [0, 0.1) is 0 Å². The Morgan fingerprint density at radius 2 is 1.08 bits per heavy atom. The van der Waals surface area contributed by atoms with Gasteiger partial charge in [-0.05, 0) is 82.0 Å². The van der Waals surface area contributed by atoms with Gasteiger partial charge in [0, 0.05) is 22.3 Å². The van der Waals surface area contributed by atoms with Crippen molar-refractivity contribution < 1.29 is 19.5 Å². The van der Waals surface area contributed by atoms with Crippen molar-refractivity contribution >= 4 is 44.7 Å². The van der Waals surface area contributed by atoms with Gasteiger partial charge in [-0.15, -0.1) is 0 Å². The highest BCUT2D eigenvalue weighted by Crippen LogP contribution is 2.37. The Balaban J connectivity index is 1.22. The Bertz CT molecular complexity index is 1820. The first-order chi connectivity index (χ1) is 18.0. The molecule has 4 aromatic rings. The van der Waals surface area contributed by atoms with E-state index >= 15 is 0 Å². The number of aliphatic hydroxyl groups excluding tert-OH is 1. The van der Waals surface area contributed by atoms with Gasteiger partial charge < -0.3 is 5.11 Å². The van der Waals surface area contributed by atoms with E-state index in [-0.39, 0.29) is 34.3 Å². The van der Waals surface area contributed by atoms with Crippen LogP contribution in [0.15, 0.2) is 113 Å². The Morgan fingerprint density at radius 1 is 0.595 bits per heavy atom. The topological polar surface area (TPSA) is 71.4 Å². The first-order valence-corrected chi connectivity index (χ1v) is 12.2. The second-order valence-corrected chi connectivity index (χ2v) is 9.74. The van der Waals surface area contributed by atoms with Gasteiger partial charge in [0.05, 0.1) is 11.1 Å². The fourth-order valence-electron chi connectivity index (χ4n) is 5.57. The molecule has 0 aliphatic heterocycles. The molecule has 4 aromatic carbocycles. The molecule has 0 atom stereocenters. The molecular weight excluding hydrogens is 460 g/mol. The van der Waals surface area contributed by atoms with Gasteiger partial charge in [0.25, 0.3) is 0 Å². The van der Waals surface area contributed by atoms with Crippen LogP contribution in [0.4, 0.5) is 0 Å². The maximum atomic E-state index is 13.1. The van der Waals surface area contributed by atoms with E-state index in [1.165, 1.54) is 0 Å². The number of benzene rings is 4. The molecule has 37 heavy (non-hydrogen) atoms. The molecule has 0 fully saturated rings. The fraction of sp³-hybridized carbons (Fsp3) is 0.0606. The zero-order chi connectivity index (χ0) is 25.3. The Morgan fingerprint density at radius 3 is 1.62 bits per heavy atom.